The molecular formula is C11H13N2O3+. The van der Waals surface area contributed by atoms with E-state index in [1.54, 1.807) is 24.1 Å². The summed E-state index contributed by atoms with van der Waals surface area (Å²) in [5, 5.41) is 0. The molecule has 1 aliphatic heterocycles. The fourth-order valence-electron chi connectivity index (χ4n) is 1.87. The van der Waals surface area contributed by atoms with Gasteiger partial charge in [0.15, 0.2) is 7.11 Å². The number of hydrogen-bond donors (Lipinski definition) is 0. The van der Waals surface area contributed by atoms with E-state index in [0.717, 1.165) is 12.0 Å². The molecule has 16 heavy (non-hydrogen) atoms. The van der Waals surface area contributed by atoms with E-state index in [2.05, 4.69) is 4.84 Å². The number of carbonyl (C=O) groups is 1. The lowest BCUT2D eigenvalue weighted by atomic mass is 9.98. The molecule has 0 saturated carbocycles. The molecule has 1 aromatic carbocycles. The lowest BCUT2D eigenvalue weighted by Gasteiger charge is -2.23. The van der Waals surface area contributed by atoms with Crippen molar-refractivity contribution < 1.29 is 14.6 Å². The standard InChI is InChI=1S/C11H13N2O3/c1-12-7-6-8-4-3-5-9(13(15)16-2)10(8)11(12)14/h3-5H,6-7H2,1-2H3/q+1. The summed E-state index contributed by atoms with van der Waals surface area (Å²) in [4.78, 5) is 30.0. The minimum atomic E-state index is -0.130. The maximum absolute atomic E-state index is 12.0. The van der Waals surface area contributed by atoms with Crippen LogP contribution in [-0.4, -0.2) is 36.4 Å². The number of benzene rings is 1. The largest absolute Gasteiger partial charge is 0.341 e. The topological polar surface area (TPSA) is 49.6 Å². The van der Waals surface area contributed by atoms with E-state index in [9.17, 15) is 9.70 Å². The van der Waals surface area contributed by atoms with E-state index < -0.39 is 0 Å². The van der Waals surface area contributed by atoms with Crippen LogP contribution in [0.3, 0.4) is 0 Å². The maximum atomic E-state index is 12.0. The molecule has 1 aliphatic rings. The highest BCUT2D eigenvalue weighted by molar-refractivity contribution is 6.00. The van der Waals surface area contributed by atoms with Gasteiger partial charge in [-0.3, -0.25) is 4.79 Å². The average Bonchev–Trinajstić information content (AvgIpc) is 2.32. The normalized spacial score (nSPS) is 14.6. The van der Waals surface area contributed by atoms with E-state index in [1.165, 1.54) is 7.11 Å². The van der Waals surface area contributed by atoms with Crippen LogP contribution in [0.1, 0.15) is 15.9 Å². The van der Waals surface area contributed by atoms with Crippen LogP contribution >= 0.6 is 0 Å². The molecule has 0 bridgehead atoms. The Morgan fingerprint density at radius 1 is 1.44 bits per heavy atom. The fourth-order valence-corrected chi connectivity index (χ4v) is 1.87. The Kier molecular flexibility index (Phi) is 2.60. The molecule has 0 atom stereocenters. The molecule has 5 nitrogen and oxygen atoms in total. The van der Waals surface area contributed by atoms with Crippen molar-refractivity contribution in [2.45, 2.75) is 6.42 Å². The van der Waals surface area contributed by atoms with Gasteiger partial charge in [0.25, 0.3) is 10.8 Å². The molecule has 84 valence electrons. The van der Waals surface area contributed by atoms with E-state index >= 15 is 0 Å². The first-order valence-corrected chi connectivity index (χ1v) is 5.04. The number of carbonyl (C=O) groups excluding carboxylic acids is 1. The summed E-state index contributed by atoms with van der Waals surface area (Å²) in [5.41, 5.74) is 1.63. The van der Waals surface area contributed by atoms with Crippen molar-refractivity contribution in [3.05, 3.63) is 34.2 Å². The highest BCUT2D eigenvalue weighted by Gasteiger charge is 2.32. The lowest BCUT2D eigenvalue weighted by Crippen LogP contribution is -2.34. The van der Waals surface area contributed by atoms with Gasteiger partial charge < -0.3 is 4.90 Å². The number of rotatable bonds is 2. The van der Waals surface area contributed by atoms with Crippen LogP contribution < -0.4 is 0 Å². The van der Waals surface area contributed by atoms with Crippen LogP contribution in [0.5, 0.6) is 0 Å². The Balaban J connectivity index is 2.57. The second-order valence-electron chi connectivity index (χ2n) is 3.73. The molecule has 2 rings (SSSR count). The summed E-state index contributed by atoms with van der Waals surface area (Å²) >= 11 is 0. The highest BCUT2D eigenvalue weighted by Crippen LogP contribution is 2.27. The molecular weight excluding hydrogens is 208 g/mol. The van der Waals surface area contributed by atoms with Gasteiger partial charge in [-0.15, -0.1) is 0 Å². The quantitative estimate of drug-likeness (QED) is 0.707. The second kappa shape index (κ2) is 3.92. The number of fused-ring (bicyclic) bond motifs is 1. The molecule has 1 aromatic rings. The maximum Gasteiger partial charge on any atom is 0.329 e. The molecule has 1 amide bonds. The van der Waals surface area contributed by atoms with E-state index in [0.29, 0.717) is 17.0 Å². The van der Waals surface area contributed by atoms with Gasteiger partial charge in [-0.25, -0.2) is 4.84 Å². The lowest BCUT2D eigenvalue weighted by molar-refractivity contribution is -0.736. The Morgan fingerprint density at radius 3 is 2.88 bits per heavy atom. The monoisotopic (exact) mass is 221 g/mol. The van der Waals surface area contributed by atoms with Crippen molar-refractivity contribution in [2.24, 2.45) is 0 Å². The van der Waals surface area contributed by atoms with E-state index in [-0.39, 0.29) is 11.6 Å². The highest BCUT2D eigenvalue weighted by atomic mass is 16.8. The van der Waals surface area contributed by atoms with Gasteiger partial charge in [-0.1, -0.05) is 12.1 Å². The van der Waals surface area contributed by atoms with Gasteiger partial charge in [0.05, 0.1) is 4.91 Å². The van der Waals surface area contributed by atoms with Crippen LogP contribution in [0, 0.1) is 4.91 Å². The molecule has 0 N–H and O–H groups in total. The number of amides is 1. The first kappa shape index (κ1) is 10.6. The summed E-state index contributed by atoms with van der Waals surface area (Å²) in [7, 11) is 3.01. The Labute approximate surface area is 93.1 Å². The minimum Gasteiger partial charge on any atom is -0.341 e. The van der Waals surface area contributed by atoms with Gasteiger partial charge in [0, 0.05) is 19.7 Å². The number of nitrogens with zero attached hydrogens (tertiary/aromatic N) is 2. The zero-order valence-electron chi connectivity index (χ0n) is 9.27. The molecule has 0 unspecified atom stereocenters. The molecule has 0 fully saturated rings. The Hall–Kier alpha value is -1.91. The predicted molar refractivity (Wildman–Crippen MR) is 57.4 cm³/mol. The molecule has 1 heterocycles. The van der Waals surface area contributed by atoms with Crippen molar-refractivity contribution in [1.82, 2.24) is 4.90 Å². The van der Waals surface area contributed by atoms with Crippen LogP contribution in [-0.2, 0) is 11.3 Å². The van der Waals surface area contributed by atoms with Gasteiger partial charge >= 0.3 is 5.69 Å². The summed E-state index contributed by atoms with van der Waals surface area (Å²) < 4.78 is 0. The van der Waals surface area contributed by atoms with Crippen molar-refractivity contribution in [2.75, 3.05) is 20.7 Å². The predicted octanol–water partition coefficient (Wildman–Crippen LogP) is 1.29. The Morgan fingerprint density at radius 2 is 2.19 bits per heavy atom. The van der Waals surface area contributed by atoms with Crippen molar-refractivity contribution >= 4 is 11.6 Å². The first-order valence-electron chi connectivity index (χ1n) is 5.04. The van der Waals surface area contributed by atoms with Gasteiger partial charge in [0.2, 0.25) is 0 Å². The first-order chi connectivity index (χ1) is 7.65. The van der Waals surface area contributed by atoms with Crippen LogP contribution in [0.25, 0.3) is 0 Å². The van der Waals surface area contributed by atoms with E-state index in [1.807, 2.05) is 6.07 Å². The van der Waals surface area contributed by atoms with Gasteiger partial charge in [0.1, 0.15) is 5.56 Å². The third-order valence-electron chi connectivity index (χ3n) is 2.77. The van der Waals surface area contributed by atoms with Gasteiger partial charge in [-0.2, -0.15) is 0 Å². The molecule has 0 aliphatic carbocycles. The smallest absolute Gasteiger partial charge is 0.329 e. The summed E-state index contributed by atoms with van der Waals surface area (Å²) in [6, 6.07) is 5.22. The van der Waals surface area contributed by atoms with Crippen LogP contribution in [0.2, 0.25) is 0 Å². The van der Waals surface area contributed by atoms with Crippen LogP contribution in [0.4, 0.5) is 5.69 Å². The van der Waals surface area contributed by atoms with Gasteiger partial charge in [-0.05, 0) is 12.0 Å². The molecule has 0 saturated heterocycles. The summed E-state index contributed by atoms with van der Waals surface area (Å²) in [5.74, 6) is -0.130. The summed E-state index contributed by atoms with van der Waals surface area (Å²) in [6.45, 7) is 0.682. The summed E-state index contributed by atoms with van der Waals surface area (Å²) in [6.07, 6.45) is 0.767. The second-order valence-corrected chi connectivity index (χ2v) is 3.73. The van der Waals surface area contributed by atoms with Crippen molar-refractivity contribution in [1.29, 1.82) is 0 Å². The Bertz CT molecular complexity index is 457. The third kappa shape index (κ3) is 1.54. The van der Waals surface area contributed by atoms with Crippen LogP contribution in [0.15, 0.2) is 18.2 Å². The zero-order chi connectivity index (χ0) is 11.7. The minimum absolute atomic E-state index is 0.130. The number of hydrogen-bond acceptors (Lipinski definition) is 3. The SMILES string of the molecule is CO[N+](=O)c1cccc2c1C(=O)N(C)CC2. The average molecular weight is 221 g/mol. The molecule has 0 spiro atoms. The third-order valence-corrected chi connectivity index (χ3v) is 2.77. The molecule has 0 radical (unpaired) electrons. The molecule has 0 aromatic heterocycles. The number of likely N-dealkylation sites (N-methyl/N-ethyl adjacent to an activating group) is 1. The fraction of sp³-hybridized carbons (Fsp3) is 0.364. The zero-order valence-corrected chi connectivity index (χ0v) is 9.27. The molecule has 5 heteroatoms. The van der Waals surface area contributed by atoms with Crippen molar-refractivity contribution in [3.8, 4) is 0 Å². The van der Waals surface area contributed by atoms with E-state index in [4.69, 9.17) is 0 Å². The van der Waals surface area contributed by atoms with Crippen molar-refractivity contribution in [3.63, 3.8) is 0 Å².